The molecule has 1 aromatic rings. The summed E-state index contributed by atoms with van der Waals surface area (Å²) in [7, 11) is -4.49. The van der Waals surface area contributed by atoms with E-state index in [1.165, 1.54) is 55.5 Å². The van der Waals surface area contributed by atoms with Gasteiger partial charge in [-0.2, -0.15) is 4.31 Å². The van der Waals surface area contributed by atoms with Gasteiger partial charge in [0.1, 0.15) is 0 Å². The molecule has 0 amide bonds. The molecular weight excluding hydrogens is 350 g/mol. The van der Waals surface area contributed by atoms with Gasteiger partial charge in [0, 0.05) is 46.3 Å². The minimum Gasteiger partial charge on any atom is -0.298 e. The minimum absolute atomic E-state index is 0.00908. The molecule has 7 nitrogen and oxygen atoms in total. The number of sulfonamides is 2. The zero-order chi connectivity index (χ0) is 17.5. The van der Waals surface area contributed by atoms with E-state index in [0.717, 1.165) is 17.4 Å². The van der Waals surface area contributed by atoms with Crippen molar-refractivity contribution < 1.29 is 16.8 Å². The van der Waals surface area contributed by atoms with E-state index in [0.29, 0.717) is 19.1 Å². The summed E-state index contributed by atoms with van der Waals surface area (Å²) < 4.78 is 52.6. The summed E-state index contributed by atoms with van der Waals surface area (Å²) in [5.74, 6) is 0. The molecule has 1 aliphatic heterocycles. The summed E-state index contributed by atoms with van der Waals surface area (Å²) in [5, 5.41) is 0. The van der Waals surface area contributed by atoms with Crippen LogP contribution in [0.5, 0.6) is 0 Å². The van der Waals surface area contributed by atoms with Crippen LogP contribution in [0, 0.1) is 0 Å². The van der Waals surface area contributed by atoms with Crippen LogP contribution in [0.1, 0.15) is 12.8 Å². The molecule has 1 aliphatic carbocycles. The largest absolute Gasteiger partial charge is 0.298 e. The first-order valence-corrected chi connectivity index (χ1v) is 10.9. The van der Waals surface area contributed by atoms with Gasteiger partial charge in [-0.3, -0.25) is 4.90 Å². The topological polar surface area (TPSA) is 78.0 Å². The first-order valence-electron chi connectivity index (χ1n) is 8.00. The third-order valence-electron chi connectivity index (χ3n) is 4.56. The van der Waals surface area contributed by atoms with E-state index in [4.69, 9.17) is 0 Å². The Bertz CT molecular complexity index is 809. The van der Waals surface area contributed by atoms with Crippen molar-refractivity contribution >= 4 is 20.0 Å². The monoisotopic (exact) mass is 373 g/mol. The van der Waals surface area contributed by atoms with Gasteiger partial charge in [0.2, 0.25) is 20.0 Å². The molecule has 1 aromatic carbocycles. The molecule has 0 radical (unpaired) electrons. The Kier molecular flexibility index (Phi) is 4.73. The van der Waals surface area contributed by atoms with Crippen molar-refractivity contribution in [3.63, 3.8) is 0 Å². The van der Waals surface area contributed by atoms with Crippen LogP contribution in [0.25, 0.3) is 0 Å². The SMILES string of the molecule is CN(C)S(=O)(=O)c1cccc(S(=O)(=O)N2CCN(C3CC3)CC2)c1. The van der Waals surface area contributed by atoms with Crippen LogP contribution in [-0.4, -0.2) is 76.7 Å². The second-order valence-corrected chi connectivity index (χ2v) is 10.5. The van der Waals surface area contributed by atoms with Crippen LogP contribution < -0.4 is 0 Å². The van der Waals surface area contributed by atoms with Crippen molar-refractivity contribution in [3.05, 3.63) is 24.3 Å². The molecule has 0 bridgehead atoms. The average molecular weight is 374 g/mol. The van der Waals surface area contributed by atoms with E-state index in [-0.39, 0.29) is 9.79 Å². The Morgan fingerprint density at radius 3 is 2.08 bits per heavy atom. The summed E-state index contributed by atoms with van der Waals surface area (Å²) >= 11 is 0. The van der Waals surface area contributed by atoms with Crippen molar-refractivity contribution in [2.45, 2.75) is 28.7 Å². The summed E-state index contributed by atoms with van der Waals surface area (Å²) in [6.45, 7) is 2.37. The second kappa shape index (κ2) is 6.38. The van der Waals surface area contributed by atoms with Crippen LogP contribution in [0.15, 0.2) is 34.1 Å². The first kappa shape index (κ1) is 17.8. The highest BCUT2D eigenvalue weighted by atomic mass is 32.2. The fraction of sp³-hybridized carbons (Fsp3) is 0.600. The van der Waals surface area contributed by atoms with Gasteiger partial charge in [0.05, 0.1) is 9.79 Å². The van der Waals surface area contributed by atoms with Gasteiger partial charge < -0.3 is 0 Å². The molecule has 0 spiro atoms. The summed E-state index contributed by atoms with van der Waals surface area (Å²) in [5.41, 5.74) is 0. The number of piperazine rings is 1. The molecule has 0 unspecified atom stereocenters. The van der Waals surface area contributed by atoms with Crippen molar-refractivity contribution in [2.24, 2.45) is 0 Å². The maximum Gasteiger partial charge on any atom is 0.243 e. The zero-order valence-corrected chi connectivity index (χ0v) is 15.6. The smallest absolute Gasteiger partial charge is 0.243 e. The second-order valence-electron chi connectivity index (χ2n) is 6.43. The maximum atomic E-state index is 12.8. The minimum atomic E-state index is -3.68. The molecule has 9 heteroatoms. The highest BCUT2D eigenvalue weighted by Crippen LogP contribution is 2.29. The fourth-order valence-corrected chi connectivity index (χ4v) is 5.40. The van der Waals surface area contributed by atoms with Gasteiger partial charge in [-0.15, -0.1) is 0 Å². The first-order chi connectivity index (χ1) is 11.2. The van der Waals surface area contributed by atoms with Crippen LogP contribution >= 0.6 is 0 Å². The summed E-state index contributed by atoms with van der Waals surface area (Å²) in [6.07, 6.45) is 2.41. The van der Waals surface area contributed by atoms with Gasteiger partial charge in [0.15, 0.2) is 0 Å². The molecule has 24 heavy (non-hydrogen) atoms. The highest BCUT2D eigenvalue weighted by Gasteiger charge is 2.35. The normalized spacial score (nSPS) is 21.3. The van der Waals surface area contributed by atoms with E-state index in [1.54, 1.807) is 0 Å². The quantitative estimate of drug-likeness (QED) is 0.747. The van der Waals surface area contributed by atoms with Crippen molar-refractivity contribution in [1.29, 1.82) is 0 Å². The van der Waals surface area contributed by atoms with E-state index in [9.17, 15) is 16.8 Å². The summed E-state index contributed by atoms with van der Waals surface area (Å²) in [6, 6.07) is 6.22. The Balaban J connectivity index is 1.82. The standard InChI is InChI=1S/C15H23N3O4S2/c1-16(2)23(19,20)14-4-3-5-15(12-14)24(21,22)18-10-8-17(9-11-18)13-6-7-13/h3-5,12-13H,6-11H2,1-2H3. The maximum absolute atomic E-state index is 12.8. The van der Waals surface area contributed by atoms with Gasteiger partial charge in [-0.1, -0.05) is 6.07 Å². The molecular formula is C15H23N3O4S2. The molecule has 2 aliphatic rings. The highest BCUT2D eigenvalue weighted by molar-refractivity contribution is 7.90. The molecule has 0 N–H and O–H groups in total. The van der Waals surface area contributed by atoms with Gasteiger partial charge in [-0.05, 0) is 31.0 Å². The van der Waals surface area contributed by atoms with Crippen LogP contribution in [0.3, 0.4) is 0 Å². The van der Waals surface area contributed by atoms with Crippen LogP contribution in [-0.2, 0) is 20.0 Å². The number of benzene rings is 1. The summed E-state index contributed by atoms with van der Waals surface area (Å²) in [4.78, 5) is 2.36. The van der Waals surface area contributed by atoms with Crippen molar-refractivity contribution in [1.82, 2.24) is 13.5 Å². The third-order valence-corrected chi connectivity index (χ3v) is 8.26. The molecule has 134 valence electrons. The van der Waals surface area contributed by atoms with Gasteiger partial charge >= 0.3 is 0 Å². The van der Waals surface area contributed by atoms with E-state index in [1.807, 2.05) is 0 Å². The Morgan fingerprint density at radius 1 is 0.958 bits per heavy atom. The Morgan fingerprint density at radius 2 is 1.54 bits per heavy atom. The molecule has 2 fully saturated rings. The van der Waals surface area contributed by atoms with Crippen molar-refractivity contribution in [2.75, 3.05) is 40.3 Å². The molecule has 0 aromatic heterocycles. The lowest BCUT2D eigenvalue weighted by Gasteiger charge is -2.34. The Hall–Kier alpha value is -1.00. The average Bonchev–Trinajstić information content (AvgIpc) is 3.40. The van der Waals surface area contributed by atoms with E-state index in [2.05, 4.69) is 4.90 Å². The lowest BCUT2D eigenvalue weighted by molar-refractivity contribution is 0.180. The number of rotatable bonds is 5. The predicted octanol–water partition coefficient (Wildman–Crippen LogP) is 0.406. The molecule has 1 saturated heterocycles. The fourth-order valence-electron chi connectivity index (χ4n) is 2.90. The number of hydrogen-bond donors (Lipinski definition) is 0. The predicted molar refractivity (Wildman–Crippen MR) is 90.7 cm³/mol. The number of nitrogens with zero attached hydrogens (tertiary/aromatic N) is 3. The molecule has 0 atom stereocenters. The van der Waals surface area contributed by atoms with E-state index < -0.39 is 20.0 Å². The number of hydrogen-bond acceptors (Lipinski definition) is 5. The third kappa shape index (κ3) is 3.36. The molecule has 3 rings (SSSR count). The van der Waals surface area contributed by atoms with Gasteiger partial charge in [-0.25, -0.2) is 21.1 Å². The lowest BCUT2D eigenvalue weighted by atomic mass is 10.3. The van der Waals surface area contributed by atoms with Crippen LogP contribution in [0.2, 0.25) is 0 Å². The molecule has 1 heterocycles. The lowest BCUT2D eigenvalue weighted by Crippen LogP contribution is -2.49. The van der Waals surface area contributed by atoms with Crippen LogP contribution in [0.4, 0.5) is 0 Å². The molecule has 1 saturated carbocycles. The van der Waals surface area contributed by atoms with E-state index >= 15 is 0 Å². The Labute approximate surface area is 144 Å². The zero-order valence-electron chi connectivity index (χ0n) is 13.9. The van der Waals surface area contributed by atoms with Gasteiger partial charge in [0.25, 0.3) is 0 Å². The van der Waals surface area contributed by atoms with Crippen molar-refractivity contribution in [3.8, 4) is 0 Å².